The van der Waals surface area contributed by atoms with E-state index >= 15 is 0 Å². The minimum atomic E-state index is -0.609. The Morgan fingerprint density at radius 2 is 1.97 bits per heavy atom. The summed E-state index contributed by atoms with van der Waals surface area (Å²) in [6.45, 7) is 8.21. The van der Waals surface area contributed by atoms with Gasteiger partial charge in [0.25, 0.3) is 0 Å². The summed E-state index contributed by atoms with van der Waals surface area (Å²) in [5.41, 5.74) is -1.04. The van der Waals surface area contributed by atoms with Crippen LogP contribution >= 0.6 is 0 Å². The van der Waals surface area contributed by atoms with Gasteiger partial charge in [0.15, 0.2) is 0 Å². The topological polar surface area (TPSA) is 107 Å². The van der Waals surface area contributed by atoms with Crippen LogP contribution in [-0.2, 0) is 28.7 Å². The Balaban J connectivity index is 2.04. The van der Waals surface area contributed by atoms with Crippen LogP contribution in [0.15, 0.2) is 0 Å². The molecule has 7 nitrogen and oxygen atoms in total. The zero-order chi connectivity index (χ0) is 23.2. The number of hydrogen-bond acceptors (Lipinski definition) is 6. The lowest BCUT2D eigenvalue weighted by Crippen LogP contribution is -2.51. The SMILES string of the molecule is CCOC(=O)CCNC(=O)CCC(C)(C)C1C(=O)CC2(C)C(=O)CCC2C1CCC=O. The molecule has 0 spiro atoms. The lowest BCUT2D eigenvalue weighted by atomic mass is 9.52. The van der Waals surface area contributed by atoms with Crippen molar-refractivity contribution >= 4 is 29.7 Å². The van der Waals surface area contributed by atoms with Gasteiger partial charge in [-0.15, -0.1) is 0 Å². The van der Waals surface area contributed by atoms with E-state index in [9.17, 15) is 24.0 Å². The standard InChI is InChI=1S/C24H37NO6/c1-5-31-21(30)11-13-25-20(29)10-12-23(2,3)22-16(7-6-14-26)17-8-9-19(28)24(17,4)15-18(22)27/h14,16-17,22H,5-13,15H2,1-4H3,(H,25,29). The van der Waals surface area contributed by atoms with Crippen molar-refractivity contribution in [3.8, 4) is 0 Å². The maximum atomic E-state index is 13.3. The molecule has 0 aromatic rings. The summed E-state index contributed by atoms with van der Waals surface area (Å²) in [6.07, 6.45) is 4.29. The highest BCUT2D eigenvalue weighted by atomic mass is 16.5. The molecule has 1 amide bonds. The monoisotopic (exact) mass is 435 g/mol. The van der Waals surface area contributed by atoms with Gasteiger partial charge in [-0.3, -0.25) is 19.2 Å². The van der Waals surface area contributed by atoms with Gasteiger partial charge in [-0.25, -0.2) is 0 Å². The zero-order valence-electron chi connectivity index (χ0n) is 19.3. The van der Waals surface area contributed by atoms with Crippen molar-refractivity contribution in [1.29, 1.82) is 0 Å². The van der Waals surface area contributed by atoms with Gasteiger partial charge in [0.1, 0.15) is 17.9 Å². The van der Waals surface area contributed by atoms with Gasteiger partial charge in [-0.05, 0) is 43.4 Å². The molecular weight excluding hydrogens is 398 g/mol. The Labute approximate surface area is 185 Å². The summed E-state index contributed by atoms with van der Waals surface area (Å²) in [5, 5.41) is 2.74. The maximum absolute atomic E-state index is 13.3. The molecule has 0 radical (unpaired) electrons. The number of aldehydes is 1. The number of amides is 1. The number of rotatable bonds is 11. The molecule has 2 aliphatic rings. The second kappa shape index (κ2) is 10.5. The molecule has 174 valence electrons. The van der Waals surface area contributed by atoms with E-state index in [0.29, 0.717) is 32.3 Å². The number of Topliss-reactive ketones (excluding diaryl/α,β-unsaturated/α-hetero) is 2. The molecule has 0 saturated heterocycles. The number of esters is 1. The van der Waals surface area contributed by atoms with Crippen molar-refractivity contribution in [3.05, 3.63) is 0 Å². The molecule has 0 bridgehead atoms. The number of nitrogens with one attached hydrogen (secondary N) is 1. The van der Waals surface area contributed by atoms with Crippen LogP contribution in [0, 0.1) is 28.6 Å². The third-order valence-corrected chi connectivity index (χ3v) is 7.38. The summed E-state index contributed by atoms with van der Waals surface area (Å²) in [6, 6.07) is 0. The molecule has 4 atom stereocenters. The van der Waals surface area contributed by atoms with Crippen LogP contribution in [0.25, 0.3) is 0 Å². The van der Waals surface area contributed by atoms with Crippen molar-refractivity contribution in [2.75, 3.05) is 13.2 Å². The van der Waals surface area contributed by atoms with Crippen molar-refractivity contribution in [2.24, 2.45) is 28.6 Å². The molecule has 0 aromatic heterocycles. The summed E-state index contributed by atoms with van der Waals surface area (Å²) < 4.78 is 4.85. The van der Waals surface area contributed by atoms with E-state index < -0.39 is 10.8 Å². The van der Waals surface area contributed by atoms with Gasteiger partial charge in [-0.2, -0.15) is 0 Å². The van der Waals surface area contributed by atoms with Crippen LogP contribution in [0.2, 0.25) is 0 Å². The number of hydrogen-bond donors (Lipinski definition) is 1. The smallest absolute Gasteiger partial charge is 0.307 e. The molecule has 0 heterocycles. The molecule has 2 aliphatic carbocycles. The maximum Gasteiger partial charge on any atom is 0.307 e. The molecule has 1 N–H and O–H groups in total. The Bertz CT molecular complexity index is 715. The first-order valence-electron chi connectivity index (χ1n) is 11.5. The highest BCUT2D eigenvalue weighted by molar-refractivity contribution is 5.95. The Hall–Kier alpha value is -2.05. The van der Waals surface area contributed by atoms with Gasteiger partial charge in [-0.1, -0.05) is 20.8 Å². The van der Waals surface area contributed by atoms with Crippen LogP contribution in [0.3, 0.4) is 0 Å². The van der Waals surface area contributed by atoms with Crippen molar-refractivity contribution < 1.29 is 28.7 Å². The van der Waals surface area contributed by atoms with Gasteiger partial charge in [0, 0.05) is 43.6 Å². The predicted octanol–water partition coefficient (Wildman–Crippen LogP) is 3.03. The molecule has 0 aliphatic heterocycles. The molecule has 2 saturated carbocycles. The summed E-state index contributed by atoms with van der Waals surface area (Å²) in [5.74, 6) is -0.445. The lowest BCUT2D eigenvalue weighted by Gasteiger charge is -2.49. The van der Waals surface area contributed by atoms with Crippen LogP contribution < -0.4 is 5.32 Å². The molecular formula is C24H37NO6. The van der Waals surface area contributed by atoms with Crippen molar-refractivity contribution in [3.63, 3.8) is 0 Å². The van der Waals surface area contributed by atoms with Gasteiger partial charge in [0.2, 0.25) is 5.91 Å². The average molecular weight is 436 g/mol. The van der Waals surface area contributed by atoms with E-state index in [-0.39, 0.29) is 67.0 Å². The molecule has 2 rings (SSSR count). The fraction of sp³-hybridized carbons (Fsp3) is 0.792. The third kappa shape index (κ3) is 5.80. The minimum absolute atomic E-state index is 0.0234. The van der Waals surface area contributed by atoms with E-state index in [2.05, 4.69) is 5.32 Å². The van der Waals surface area contributed by atoms with E-state index in [1.165, 1.54) is 0 Å². The Morgan fingerprint density at radius 1 is 1.26 bits per heavy atom. The number of carbonyl (C=O) groups is 5. The minimum Gasteiger partial charge on any atom is -0.466 e. The van der Waals surface area contributed by atoms with E-state index in [1.54, 1.807) is 6.92 Å². The number of fused-ring (bicyclic) bond motifs is 1. The summed E-state index contributed by atoms with van der Waals surface area (Å²) in [7, 11) is 0. The zero-order valence-corrected chi connectivity index (χ0v) is 19.3. The number of ether oxygens (including phenoxy) is 1. The first-order valence-corrected chi connectivity index (χ1v) is 11.5. The van der Waals surface area contributed by atoms with Crippen molar-refractivity contribution in [1.82, 2.24) is 5.32 Å². The fourth-order valence-electron chi connectivity index (χ4n) is 5.82. The largest absolute Gasteiger partial charge is 0.466 e. The Kier molecular flexibility index (Phi) is 8.55. The van der Waals surface area contributed by atoms with E-state index in [0.717, 1.165) is 12.7 Å². The van der Waals surface area contributed by atoms with Crippen LogP contribution in [0.5, 0.6) is 0 Å². The molecule has 2 fully saturated rings. The highest BCUT2D eigenvalue weighted by Crippen LogP contribution is 2.58. The first-order chi connectivity index (χ1) is 14.6. The average Bonchev–Trinajstić information content (AvgIpc) is 2.98. The number of carbonyl (C=O) groups excluding carboxylic acids is 5. The molecule has 31 heavy (non-hydrogen) atoms. The highest BCUT2D eigenvalue weighted by Gasteiger charge is 2.58. The molecule has 4 unspecified atom stereocenters. The van der Waals surface area contributed by atoms with E-state index in [4.69, 9.17) is 4.74 Å². The second-order valence-corrected chi connectivity index (χ2v) is 9.91. The predicted molar refractivity (Wildman–Crippen MR) is 115 cm³/mol. The molecule has 0 aromatic carbocycles. The van der Waals surface area contributed by atoms with E-state index in [1.807, 2.05) is 20.8 Å². The second-order valence-electron chi connectivity index (χ2n) is 9.91. The van der Waals surface area contributed by atoms with Crippen molar-refractivity contribution in [2.45, 2.75) is 79.1 Å². The summed E-state index contributed by atoms with van der Waals surface area (Å²) >= 11 is 0. The normalized spacial score (nSPS) is 28.2. The Morgan fingerprint density at radius 3 is 2.61 bits per heavy atom. The van der Waals surface area contributed by atoms with Gasteiger partial charge >= 0.3 is 5.97 Å². The molecule has 7 heteroatoms. The van der Waals surface area contributed by atoms with Crippen LogP contribution in [0.4, 0.5) is 0 Å². The third-order valence-electron chi connectivity index (χ3n) is 7.38. The lowest BCUT2D eigenvalue weighted by molar-refractivity contribution is -0.148. The quantitative estimate of drug-likeness (QED) is 0.395. The van der Waals surface area contributed by atoms with Gasteiger partial charge in [0.05, 0.1) is 13.0 Å². The van der Waals surface area contributed by atoms with Crippen LogP contribution in [-0.4, -0.2) is 42.9 Å². The van der Waals surface area contributed by atoms with Crippen LogP contribution in [0.1, 0.15) is 79.1 Å². The van der Waals surface area contributed by atoms with Gasteiger partial charge < -0.3 is 14.8 Å². The first kappa shape index (κ1) is 25.2. The fourth-order valence-corrected chi connectivity index (χ4v) is 5.82. The number of ketones is 2. The summed E-state index contributed by atoms with van der Waals surface area (Å²) in [4.78, 5) is 60.6.